The zero-order chi connectivity index (χ0) is 20.1. The van der Waals surface area contributed by atoms with Gasteiger partial charge in [-0.1, -0.05) is 12.1 Å². The van der Waals surface area contributed by atoms with E-state index < -0.39 is 0 Å². The molecule has 29 heavy (non-hydrogen) atoms. The zero-order valence-electron chi connectivity index (χ0n) is 16.2. The number of carbonyl (C=O) groups is 1. The van der Waals surface area contributed by atoms with Crippen LogP contribution in [0.2, 0.25) is 0 Å². The number of likely N-dealkylation sites (tertiary alicyclic amines) is 1. The van der Waals surface area contributed by atoms with E-state index >= 15 is 0 Å². The highest BCUT2D eigenvalue weighted by Gasteiger charge is 2.30. The van der Waals surface area contributed by atoms with Crippen molar-refractivity contribution in [1.29, 1.82) is 0 Å². The van der Waals surface area contributed by atoms with Gasteiger partial charge < -0.3 is 10.2 Å². The third-order valence-corrected chi connectivity index (χ3v) is 4.76. The lowest BCUT2D eigenvalue weighted by atomic mass is 10.1. The van der Waals surface area contributed by atoms with Crippen molar-refractivity contribution in [2.75, 3.05) is 11.9 Å². The van der Waals surface area contributed by atoms with Crippen molar-refractivity contribution in [2.45, 2.75) is 25.8 Å². The van der Waals surface area contributed by atoms with Gasteiger partial charge >= 0.3 is 0 Å². The van der Waals surface area contributed by atoms with Crippen molar-refractivity contribution in [2.24, 2.45) is 0 Å². The lowest BCUT2D eigenvalue weighted by Crippen LogP contribution is -2.29. The average molecular weight is 386 g/mol. The van der Waals surface area contributed by atoms with Gasteiger partial charge in [0, 0.05) is 37.3 Å². The molecule has 0 spiro atoms. The third-order valence-electron chi connectivity index (χ3n) is 4.76. The predicted molar refractivity (Wildman–Crippen MR) is 111 cm³/mol. The summed E-state index contributed by atoms with van der Waals surface area (Å²) in [4.78, 5) is 32.1. The first-order valence-corrected chi connectivity index (χ1v) is 9.61. The Balaban J connectivity index is 1.53. The molecule has 0 aromatic carbocycles. The molecule has 0 bridgehead atoms. The Kier molecular flexibility index (Phi) is 5.56. The molecule has 0 aliphatic carbocycles. The van der Waals surface area contributed by atoms with E-state index in [1.807, 2.05) is 48.2 Å². The van der Waals surface area contributed by atoms with Crippen molar-refractivity contribution < 1.29 is 4.79 Å². The molecule has 1 aliphatic heterocycles. The van der Waals surface area contributed by atoms with E-state index in [-0.39, 0.29) is 11.9 Å². The minimum atomic E-state index is -0.0629. The fourth-order valence-electron chi connectivity index (χ4n) is 3.47. The Morgan fingerprint density at radius 2 is 2.10 bits per heavy atom. The number of carbonyl (C=O) groups excluding carboxylic acids is 1. The second kappa shape index (κ2) is 8.60. The summed E-state index contributed by atoms with van der Waals surface area (Å²) in [7, 11) is 0. The molecule has 7 heteroatoms. The van der Waals surface area contributed by atoms with Crippen molar-refractivity contribution >= 4 is 23.6 Å². The molecule has 0 saturated carbocycles. The van der Waals surface area contributed by atoms with Crippen LogP contribution in [0.25, 0.3) is 6.08 Å². The quantitative estimate of drug-likeness (QED) is 0.673. The van der Waals surface area contributed by atoms with Crippen molar-refractivity contribution in [3.63, 3.8) is 0 Å². The number of amides is 1. The van der Waals surface area contributed by atoms with E-state index in [0.717, 1.165) is 29.9 Å². The smallest absolute Gasteiger partial charge is 0.247 e. The van der Waals surface area contributed by atoms with Crippen LogP contribution < -0.4 is 5.32 Å². The van der Waals surface area contributed by atoms with Crippen LogP contribution in [0.5, 0.6) is 0 Å². The second-order valence-electron chi connectivity index (χ2n) is 6.87. The SMILES string of the molecule is Cc1nc(Nc2ccccn2)cc([C@@H]2CCCN2C(=O)/C=C/c2cccnc2)n1. The van der Waals surface area contributed by atoms with Crippen molar-refractivity contribution in [3.05, 3.63) is 78.1 Å². The molecule has 146 valence electrons. The van der Waals surface area contributed by atoms with Crippen LogP contribution in [-0.2, 0) is 4.79 Å². The maximum atomic E-state index is 12.8. The summed E-state index contributed by atoms with van der Waals surface area (Å²) in [5, 5.41) is 3.21. The summed E-state index contributed by atoms with van der Waals surface area (Å²) in [5.41, 5.74) is 1.74. The highest BCUT2D eigenvalue weighted by molar-refractivity contribution is 5.92. The number of aromatic nitrogens is 4. The van der Waals surface area contributed by atoms with Crippen molar-refractivity contribution in [1.82, 2.24) is 24.8 Å². The first-order chi connectivity index (χ1) is 14.2. The molecule has 4 rings (SSSR count). The Morgan fingerprint density at radius 3 is 2.90 bits per heavy atom. The Morgan fingerprint density at radius 1 is 1.17 bits per heavy atom. The van der Waals surface area contributed by atoms with Gasteiger partial charge in [0.1, 0.15) is 17.5 Å². The average Bonchev–Trinajstić information content (AvgIpc) is 3.23. The summed E-state index contributed by atoms with van der Waals surface area (Å²) in [6.45, 7) is 2.57. The summed E-state index contributed by atoms with van der Waals surface area (Å²) >= 11 is 0. The number of aryl methyl sites for hydroxylation is 1. The molecule has 3 aromatic rings. The van der Waals surface area contributed by atoms with E-state index in [9.17, 15) is 4.79 Å². The number of anilines is 2. The van der Waals surface area contributed by atoms with E-state index in [2.05, 4.69) is 25.3 Å². The van der Waals surface area contributed by atoms with Crippen LogP contribution in [0.15, 0.2) is 61.1 Å². The summed E-state index contributed by atoms with van der Waals surface area (Å²) in [5.74, 6) is 2.03. The topological polar surface area (TPSA) is 83.9 Å². The maximum Gasteiger partial charge on any atom is 0.247 e. The molecule has 1 amide bonds. The number of nitrogens with zero attached hydrogens (tertiary/aromatic N) is 5. The van der Waals surface area contributed by atoms with E-state index in [1.165, 1.54) is 0 Å². The minimum absolute atomic E-state index is 0.0214. The molecule has 4 heterocycles. The number of rotatable bonds is 5. The van der Waals surface area contributed by atoms with Gasteiger partial charge in [-0.25, -0.2) is 15.0 Å². The van der Waals surface area contributed by atoms with Gasteiger partial charge in [0.05, 0.1) is 11.7 Å². The summed E-state index contributed by atoms with van der Waals surface area (Å²) < 4.78 is 0. The van der Waals surface area contributed by atoms with Crippen LogP contribution in [0.4, 0.5) is 11.6 Å². The maximum absolute atomic E-state index is 12.8. The lowest BCUT2D eigenvalue weighted by Gasteiger charge is -2.23. The van der Waals surface area contributed by atoms with Gasteiger partial charge in [-0.15, -0.1) is 0 Å². The fraction of sp³-hybridized carbons (Fsp3) is 0.227. The van der Waals surface area contributed by atoms with Gasteiger partial charge in [0.15, 0.2) is 0 Å². The largest absolute Gasteiger partial charge is 0.331 e. The van der Waals surface area contributed by atoms with Crippen LogP contribution in [0.3, 0.4) is 0 Å². The monoisotopic (exact) mass is 386 g/mol. The molecule has 3 aromatic heterocycles. The molecule has 7 nitrogen and oxygen atoms in total. The van der Waals surface area contributed by atoms with E-state index in [0.29, 0.717) is 18.2 Å². The second-order valence-corrected chi connectivity index (χ2v) is 6.87. The van der Waals surface area contributed by atoms with Crippen LogP contribution in [-0.4, -0.2) is 37.3 Å². The Labute approximate surface area is 169 Å². The molecular formula is C22H22N6O. The van der Waals surface area contributed by atoms with Gasteiger partial charge in [-0.2, -0.15) is 0 Å². The van der Waals surface area contributed by atoms with Crippen LogP contribution >= 0.6 is 0 Å². The van der Waals surface area contributed by atoms with Gasteiger partial charge in [0.25, 0.3) is 0 Å². The molecule has 0 radical (unpaired) electrons. The van der Waals surface area contributed by atoms with Crippen LogP contribution in [0, 0.1) is 6.92 Å². The lowest BCUT2D eigenvalue weighted by molar-refractivity contribution is -0.126. The molecule has 1 saturated heterocycles. The van der Waals surface area contributed by atoms with Crippen LogP contribution in [0.1, 0.15) is 36.0 Å². The van der Waals surface area contributed by atoms with E-state index in [1.54, 1.807) is 30.7 Å². The van der Waals surface area contributed by atoms with E-state index in [4.69, 9.17) is 0 Å². The Hall–Kier alpha value is -3.61. The third kappa shape index (κ3) is 4.63. The molecule has 0 unspecified atom stereocenters. The predicted octanol–water partition coefficient (Wildman–Crippen LogP) is 3.70. The molecule has 1 atom stereocenters. The number of hydrogen-bond donors (Lipinski definition) is 1. The summed E-state index contributed by atoms with van der Waals surface area (Å²) in [6.07, 6.45) is 10.4. The standard InChI is InChI=1S/C22H22N6O/c1-16-25-18(14-21(26-16)27-20-8-2-3-12-24-20)19-7-5-13-28(19)22(29)10-9-17-6-4-11-23-15-17/h2-4,6,8-12,14-15,19H,5,7,13H2,1H3,(H,24,25,26,27)/b10-9+/t19-/m0/s1. The summed E-state index contributed by atoms with van der Waals surface area (Å²) in [6, 6.07) is 11.3. The molecule has 1 fully saturated rings. The van der Waals surface area contributed by atoms with Crippen molar-refractivity contribution in [3.8, 4) is 0 Å². The Bertz CT molecular complexity index is 1010. The van der Waals surface area contributed by atoms with Gasteiger partial charge in [-0.3, -0.25) is 9.78 Å². The normalized spacial score (nSPS) is 16.3. The molecule has 1 aliphatic rings. The minimum Gasteiger partial charge on any atom is -0.331 e. The highest BCUT2D eigenvalue weighted by Crippen LogP contribution is 2.32. The fourth-order valence-corrected chi connectivity index (χ4v) is 3.47. The highest BCUT2D eigenvalue weighted by atomic mass is 16.2. The number of pyridine rings is 2. The molecular weight excluding hydrogens is 364 g/mol. The van der Waals surface area contributed by atoms with Gasteiger partial charge in [-0.05, 0) is 49.6 Å². The number of nitrogens with one attached hydrogen (secondary N) is 1. The molecule has 1 N–H and O–H groups in total. The zero-order valence-corrected chi connectivity index (χ0v) is 16.2. The first kappa shape index (κ1) is 18.7. The van der Waals surface area contributed by atoms with Gasteiger partial charge in [0.2, 0.25) is 5.91 Å². The number of hydrogen-bond acceptors (Lipinski definition) is 6. The first-order valence-electron chi connectivity index (χ1n) is 9.61.